The second kappa shape index (κ2) is 12.6. The van der Waals surface area contributed by atoms with E-state index in [1.807, 2.05) is 6.07 Å². The number of nitrogens with zero attached hydrogens (tertiary/aromatic N) is 4. The molecule has 1 unspecified atom stereocenters. The number of carboxylic acids is 1. The van der Waals surface area contributed by atoms with E-state index in [1.54, 1.807) is 29.7 Å². The third kappa shape index (κ3) is 6.82. The van der Waals surface area contributed by atoms with Gasteiger partial charge in [0.1, 0.15) is 11.5 Å². The average Bonchev–Trinajstić information content (AvgIpc) is 3.50. The van der Waals surface area contributed by atoms with Crippen molar-refractivity contribution in [1.29, 1.82) is 0 Å². The van der Waals surface area contributed by atoms with Gasteiger partial charge in [-0.1, -0.05) is 0 Å². The molecule has 0 saturated carbocycles. The molecule has 1 aliphatic heterocycles. The van der Waals surface area contributed by atoms with Crippen molar-refractivity contribution in [1.82, 2.24) is 24.7 Å². The third-order valence-electron chi connectivity index (χ3n) is 6.42. The van der Waals surface area contributed by atoms with Gasteiger partial charge in [-0.25, -0.2) is 24.1 Å². The lowest BCUT2D eigenvalue weighted by atomic mass is 10.1. The number of rotatable bonds is 6. The van der Waals surface area contributed by atoms with Gasteiger partial charge in [-0.3, -0.25) is 8.61 Å². The molecule has 0 spiro atoms. The number of halogens is 1. The molecule has 1 saturated heterocycles. The van der Waals surface area contributed by atoms with Gasteiger partial charge in [-0.2, -0.15) is 0 Å². The van der Waals surface area contributed by atoms with Crippen molar-refractivity contribution in [2.24, 2.45) is 0 Å². The molecular formula is C28H26FN6O4S2-. The smallest absolute Gasteiger partial charge is 0.335 e. The number of hydrogen-bond donors (Lipinski definition) is 3. The number of fused-ring (bicyclic) bond motifs is 1. The summed E-state index contributed by atoms with van der Waals surface area (Å²) < 4.78 is 36.2. The summed E-state index contributed by atoms with van der Waals surface area (Å²) in [6.07, 6.45) is 5.94. The molecule has 3 N–H and O–H groups in total. The predicted octanol–water partition coefficient (Wildman–Crippen LogP) is 4.75. The van der Waals surface area contributed by atoms with Crippen LogP contribution < -0.4 is 10.6 Å². The number of hydrogen-bond acceptors (Lipinski definition) is 9. The molecule has 13 heteroatoms. The first-order valence-electron chi connectivity index (χ1n) is 12.8. The Morgan fingerprint density at radius 3 is 2.49 bits per heavy atom. The maximum absolute atomic E-state index is 13.4. The first-order valence-corrected chi connectivity index (χ1v) is 14.7. The Morgan fingerprint density at radius 1 is 1.12 bits per heavy atom. The number of aryl methyl sites for hydroxylation is 1. The van der Waals surface area contributed by atoms with Crippen molar-refractivity contribution in [3.8, 4) is 22.6 Å². The molecule has 0 radical (unpaired) electrons. The molecule has 1 atom stereocenters. The lowest BCUT2D eigenvalue weighted by Crippen LogP contribution is -2.35. The van der Waals surface area contributed by atoms with E-state index in [0.29, 0.717) is 12.0 Å². The summed E-state index contributed by atoms with van der Waals surface area (Å²) in [6.45, 7) is 4.07. The number of imidazole rings is 1. The second-order valence-corrected chi connectivity index (χ2v) is 11.5. The fourth-order valence-corrected chi connectivity index (χ4v) is 5.61. The normalized spacial score (nSPS) is 14.3. The van der Waals surface area contributed by atoms with Crippen molar-refractivity contribution >= 4 is 39.3 Å². The number of carbonyl (C=O) groups is 1. The number of benzene rings is 2. The number of carboxylic acid groups (broad SMARTS) is 1. The number of aromatic nitrogens is 4. The Balaban J connectivity index is 0.000000237. The van der Waals surface area contributed by atoms with Crippen LogP contribution in [-0.2, 0) is 11.1 Å². The van der Waals surface area contributed by atoms with Gasteiger partial charge in [0.2, 0.25) is 5.95 Å². The fraction of sp³-hybridized carbons (Fsp3) is 0.214. The van der Waals surface area contributed by atoms with Crippen LogP contribution in [0, 0.1) is 12.7 Å². The van der Waals surface area contributed by atoms with E-state index in [1.165, 1.54) is 41.3 Å². The minimum atomic E-state index is -2.29. The molecule has 10 nitrogen and oxygen atoms in total. The fourth-order valence-electron chi connectivity index (χ4n) is 4.43. The Hall–Kier alpha value is -4.04. The quantitative estimate of drug-likeness (QED) is 0.238. The molecule has 1 fully saturated rings. The van der Waals surface area contributed by atoms with E-state index in [0.717, 1.165) is 53.5 Å². The summed E-state index contributed by atoms with van der Waals surface area (Å²) in [5, 5.41) is 15.3. The van der Waals surface area contributed by atoms with Crippen molar-refractivity contribution in [3.63, 3.8) is 0 Å². The van der Waals surface area contributed by atoms with Crippen LogP contribution in [0.15, 0.2) is 71.9 Å². The lowest BCUT2D eigenvalue weighted by molar-refractivity contribution is 0.0696. The number of anilines is 1. The minimum absolute atomic E-state index is 0.0733. The molecule has 2 aromatic carbocycles. The molecular weight excluding hydrogens is 567 g/mol. The summed E-state index contributed by atoms with van der Waals surface area (Å²) in [5.74, 6) is -0.706. The first-order chi connectivity index (χ1) is 19.8. The summed E-state index contributed by atoms with van der Waals surface area (Å²) >= 11 is -0.669. The van der Waals surface area contributed by atoms with Gasteiger partial charge in [0, 0.05) is 33.8 Å². The Bertz CT molecular complexity index is 1650. The van der Waals surface area contributed by atoms with Crippen LogP contribution in [0.5, 0.6) is 0 Å². The second-order valence-electron chi connectivity index (χ2n) is 9.31. The highest BCUT2D eigenvalue weighted by Gasteiger charge is 2.20. The van der Waals surface area contributed by atoms with Crippen molar-refractivity contribution < 1.29 is 23.1 Å². The molecule has 4 heterocycles. The third-order valence-corrected chi connectivity index (χ3v) is 7.98. The summed E-state index contributed by atoms with van der Waals surface area (Å²) in [4.78, 5) is 26.5. The highest BCUT2D eigenvalue weighted by atomic mass is 32.2. The number of nitrogens with one attached hydrogen (secondary N) is 2. The van der Waals surface area contributed by atoms with E-state index in [4.69, 9.17) is 15.1 Å². The first kappa shape index (κ1) is 28.5. The van der Waals surface area contributed by atoms with E-state index in [-0.39, 0.29) is 16.3 Å². The van der Waals surface area contributed by atoms with Crippen LogP contribution in [0.2, 0.25) is 0 Å². The number of piperidine rings is 1. The van der Waals surface area contributed by atoms with Crippen molar-refractivity contribution in [2.75, 3.05) is 18.4 Å². The molecule has 212 valence electrons. The largest absolute Gasteiger partial charge is 0.768 e. The zero-order valence-electron chi connectivity index (χ0n) is 21.9. The van der Waals surface area contributed by atoms with E-state index in [2.05, 4.69) is 33.1 Å². The van der Waals surface area contributed by atoms with E-state index < -0.39 is 17.0 Å². The van der Waals surface area contributed by atoms with E-state index in [9.17, 15) is 17.9 Å². The van der Waals surface area contributed by atoms with Crippen molar-refractivity contribution in [3.05, 3.63) is 83.2 Å². The lowest BCUT2D eigenvalue weighted by Gasteiger charge is -2.23. The van der Waals surface area contributed by atoms with Crippen LogP contribution >= 0.6 is 11.3 Å². The molecule has 1 aliphatic rings. The molecule has 41 heavy (non-hydrogen) atoms. The van der Waals surface area contributed by atoms with Crippen LogP contribution in [-0.4, -0.2) is 58.3 Å². The maximum Gasteiger partial charge on any atom is 0.335 e. The zero-order valence-corrected chi connectivity index (χ0v) is 23.5. The van der Waals surface area contributed by atoms with Gasteiger partial charge < -0.3 is 20.3 Å². The Kier molecular flexibility index (Phi) is 8.78. The van der Waals surface area contributed by atoms with Gasteiger partial charge in [0.15, 0.2) is 4.96 Å². The van der Waals surface area contributed by atoms with Gasteiger partial charge in [-0.15, -0.1) is 11.3 Å². The summed E-state index contributed by atoms with van der Waals surface area (Å²) in [5.41, 5.74) is 3.42. The standard InChI is InChI=1S/C21H21FN6S.C7H6O4S/c1-13-12-28-19(18(27-21(28)29-13)14-2-4-15(22)5-3-14)17-8-11-24-20(26-17)25-16-6-9-23-10-7-16;8-7(9)5-1-3-6(4-2-5)12(10)11/h2-5,8,11-12,16,23H,6-7,9-10H2,1H3,(H,24,25,26);1-4H,(H,8,9)(H,10,11)/p-1. The van der Waals surface area contributed by atoms with Gasteiger partial charge in [-0.05, 0) is 98.5 Å². The molecule has 0 aliphatic carbocycles. The Morgan fingerprint density at radius 2 is 1.83 bits per heavy atom. The number of thiazole rings is 1. The van der Waals surface area contributed by atoms with Crippen LogP contribution in [0.1, 0.15) is 28.1 Å². The van der Waals surface area contributed by atoms with E-state index >= 15 is 0 Å². The summed E-state index contributed by atoms with van der Waals surface area (Å²) in [6, 6.07) is 13.7. The number of aromatic carboxylic acids is 1. The van der Waals surface area contributed by atoms with Crippen LogP contribution in [0.3, 0.4) is 0 Å². The minimum Gasteiger partial charge on any atom is -0.768 e. The topological polar surface area (TPSA) is 145 Å². The average molecular weight is 594 g/mol. The van der Waals surface area contributed by atoms with Gasteiger partial charge >= 0.3 is 5.97 Å². The zero-order chi connectivity index (χ0) is 28.9. The van der Waals surface area contributed by atoms with Gasteiger partial charge in [0.05, 0.1) is 17.0 Å². The SMILES string of the molecule is Cc1cn2c(-c3ccnc(NC4CCNCC4)n3)c(-c3ccc(F)cc3)nc2s1.O=C(O)c1ccc(S(=O)[O-])cc1. The molecule has 6 rings (SSSR count). The predicted molar refractivity (Wildman–Crippen MR) is 154 cm³/mol. The van der Waals surface area contributed by atoms with Crippen molar-refractivity contribution in [2.45, 2.75) is 30.7 Å². The maximum atomic E-state index is 13.4. The Labute approximate surface area is 241 Å². The monoisotopic (exact) mass is 593 g/mol. The molecule has 5 aromatic rings. The van der Waals surface area contributed by atoms with Crippen LogP contribution in [0.25, 0.3) is 27.6 Å². The summed E-state index contributed by atoms with van der Waals surface area (Å²) in [7, 11) is 0. The van der Waals surface area contributed by atoms with Gasteiger partial charge in [0.25, 0.3) is 0 Å². The van der Waals surface area contributed by atoms with Crippen LogP contribution in [0.4, 0.5) is 10.3 Å². The molecule has 0 bridgehead atoms. The highest BCUT2D eigenvalue weighted by molar-refractivity contribution is 7.79. The molecule has 0 amide bonds. The molecule has 3 aromatic heterocycles. The highest BCUT2D eigenvalue weighted by Crippen LogP contribution is 2.34.